The zero-order valence-corrected chi connectivity index (χ0v) is 17.4. The molecule has 1 aromatic carbocycles. The standard InChI is InChI=1S/C16H21ClN4S.HI/c1-11-12(2)22-15(21-11)8-9-19-16(18-3)20-10-13-4-6-14(17)7-5-13;/h4-7H,8-10H2,1-3H3,(H2,18,19,20);1H. The number of hydrogen-bond acceptors (Lipinski definition) is 3. The van der Waals surface area contributed by atoms with Crippen molar-refractivity contribution in [3.05, 3.63) is 50.4 Å². The SMILES string of the molecule is CN=C(NCCc1nc(C)c(C)s1)NCc1ccc(Cl)cc1.I. The third-order valence-electron chi connectivity index (χ3n) is 3.30. The lowest BCUT2D eigenvalue weighted by Gasteiger charge is -2.11. The maximum atomic E-state index is 5.88. The number of nitrogens with one attached hydrogen (secondary N) is 2. The van der Waals surface area contributed by atoms with E-state index in [0.29, 0.717) is 6.54 Å². The fourth-order valence-electron chi connectivity index (χ4n) is 1.94. The normalized spacial score (nSPS) is 11.0. The van der Waals surface area contributed by atoms with Gasteiger partial charge in [-0.2, -0.15) is 0 Å². The van der Waals surface area contributed by atoms with Crippen molar-refractivity contribution in [1.82, 2.24) is 15.6 Å². The molecule has 0 saturated heterocycles. The molecule has 2 N–H and O–H groups in total. The molecule has 0 radical (unpaired) electrons. The van der Waals surface area contributed by atoms with E-state index in [-0.39, 0.29) is 24.0 Å². The summed E-state index contributed by atoms with van der Waals surface area (Å²) in [5.74, 6) is 0.792. The van der Waals surface area contributed by atoms with Gasteiger partial charge in [-0.15, -0.1) is 35.3 Å². The number of thiazole rings is 1. The number of halogens is 2. The summed E-state index contributed by atoms with van der Waals surface area (Å²) in [5, 5.41) is 8.51. The molecule has 0 spiro atoms. The van der Waals surface area contributed by atoms with Gasteiger partial charge in [0.1, 0.15) is 0 Å². The van der Waals surface area contributed by atoms with E-state index in [1.165, 1.54) is 10.4 Å². The number of aliphatic imine (C=N–C) groups is 1. The maximum Gasteiger partial charge on any atom is 0.191 e. The van der Waals surface area contributed by atoms with Crippen LogP contribution in [0.5, 0.6) is 0 Å². The van der Waals surface area contributed by atoms with E-state index in [9.17, 15) is 0 Å². The van der Waals surface area contributed by atoms with E-state index < -0.39 is 0 Å². The molecule has 4 nitrogen and oxygen atoms in total. The highest BCUT2D eigenvalue weighted by molar-refractivity contribution is 14.0. The molecular formula is C16H22ClIN4S. The van der Waals surface area contributed by atoms with Gasteiger partial charge < -0.3 is 10.6 Å². The largest absolute Gasteiger partial charge is 0.356 e. The number of guanidine groups is 1. The Labute approximate surface area is 163 Å². The molecule has 23 heavy (non-hydrogen) atoms. The first-order chi connectivity index (χ1) is 10.6. The van der Waals surface area contributed by atoms with Gasteiger partial charge in [0.05, 0.1) is 10.7 Å². The summed E-state index contributed by atoms with van der Waals surface area (Å²) in [5.41, 5.74) is 2.30. The highest BCUT2D eigenvalue weighted by Crippen LogP contribution is 2.16. The fourth-order valence-corrected chi connectivity index (χ4v) is 3.00. The van der Waals surface area contributed by atoms with Gasteiger partial charge in [0.2, 0.25) is 0 Å². The van der Waals surface area contributed by atoms with Crippen LogP contribution >= 0.6 is 46.9 Å². The van der Waals surface area contributed by atoms with Crippen LogP contribution in [-0.4, -0.2) is 24.5 Å². The highest BCUT2D eigenvalue weighted by atomic mass is 127. The molecule has 7 heteroatoms. The minimum Gasteiger partial charge on any atom is -0.356 e. The van der Waals surface area contributed by atoms with Gasteiger partial charge in [0, 0.05) is 36.5 Å². The lowest BCUT2D eigenvalue weighted by Crippen LogP contribution is -2.37. The van der Waals surface area contributed by atoms with Gasteiger partial charge in [-0.05, 0) is 31.5 Å². The zero-order chi connectivity index (χ0) is 15.9. The summed E-state index contributed by atoms with van der Waals surface area (Å²) in [4.78, 5) is 10.1. The Hall–Kier alpha value is -0.860. The summed E-state index contributed by atoms with van der Waals surface area (Å²) in [7, 11) is 1.77. The third kappa shape index (κ3) is 6.64. The third-order valence-corrected chi connectivity index (χ3v) is 4.69. The van der Waals surface area contributed by atoms with Crippen LogP contribution in [0.2, 0.25) is 5.02 Å². The van der Waals surface area contributed by atoms with E-state index in [0.717, 1.165) is 34.6 Å². The van der Waals surface area contributed by atoms with E-state index >= 15 is 0 Å². The molecule has 0 amide bonds. The molecule has 1 heterocycles. The highest BCUT2D eigenvalue weighted by Gasteiger charge is 2.04. The van der Waals surface area contributed by atoms with Gasteiger partial charge in [0.15, 0.2) is 5.96 Å². The van der Waals surface area contributed by atoms with Crippen LogP contribution in [-0.2, 0) is 13.0 Å². The van der Waals surface area contributed by atoms with Crippen LogP contribution in [0.15, 0.2) is 29.3 Å². The molecule has 2 rings (SSSR count). The summed E-state index contributed by atoms with van der Waals surface area (Å²) < 4.78 is 0. The molecule has 1 aromatic heterocycles. The van der Waals surface area contributed by atoms with Crippen LogP contribution in [0.25, 0.3) is 0 Å². The van der Waals surface area contributed by atoms with E-state index in [2.05, 4.69) is 34.5 Å². The Morgan fingerprint density at radius 3 is 2.48 bits per heavy atom. The topological polar surface area (TPSA) is 49.3 Å². The number of hydrogen-bond donors (Lipinski definition) is 2. The maximum absolute atomic E-state index is 5.88. The quantitative estimate of drug-likeness (QED) is 0.400. The number of aromatic nitrogens is 1. The lowest BCUT2D eigenvalue weighted by molar-refractivity contribution is 0.791. The molecular weight excluding hydrogens is 443 g/mol. The first-order valence-corrected chi connectivity index (χ1v) is 8.40. The second-order valence-electron chi connectivity index (χ2n) is 4.98. The lowest BCUT2D eigenvalue weighted by atomic mass is 10.2. The molecule has 0 saturated carbocycles. The van der Waals surface area contributed by atoms with Gasteiger partial charge in [-0.1, -0.05) is 23.7 Å². The number of aryl methyl sites for hydroxylation is 2. The Morgan fingerprint density at radius 1 is 1.22 bits per heavy atom. The molecule has 0 unspecified atom stereocenters. The summed E-state index contributed by atoms with van der Waals surface area (Å²) in [6.07, 6.45) is 0.904. The molecule has 126 valence electrons. The fraction of sp³-hybridized carbons (Fsp3) is 0.375. The number of rotatable bonds is 5. The summed E-state index contributed by atoms with van der Waals surface area (Å²) in [6, 6.07) is 7.79. The van der Waals surface area contributed by atoms with Gasteiger partial charge in [0.25, 0.3) is 0 Å². The molecule has 0 bridgehead atoms. The predicted molar refractivity (Wildman–Crippen MR) is 110 cm³/mol. The Balaban J connectivity index is 0.00000264. The van der Waals surface area contributed by atoms with Crippen molar-refractivity contribution in [1.29, 1.82) is 0 Å². The van der Waals surface area contributed by atoms with Crippen molar-refractivity contribution in [2.24, 2.45) is 4.99 Å². The van der Waals surface area contributed by atoms with Crippen molar-refractivity contribution < 1.29 is 0 Å². The van der Waals surface area contributed by atoms with Crippen molar-refractivity contribution in [2.45, 2.75) is 26.8 Å². The Bertz CT molecular complexity index is 621. The number of benzene rings is 1. The average molecular weight is 465 g/mol. The summed E-state index contributed by atoms with van der Waals surface area (Å²) in [6.45, 7) is 5.69. The second-order valence-corrected chi connectivity index (χ2v) is 6.70. The molecule has 0 aliphatic rings. The average Bonchev–Trinajstić information content (AvgIpc) is 2.83. The zero-order valence-electron chi connectivity index (χ0n) is 13.5. The van der Waals surface area contributed by atoms with Gasteiger partial charge in [-0.3, -0.25) is 4.99 Å². The minimum atomic E-state index is 0. The molecule has 0 aliphatic heterocycles. The monoisotopic (exact) mass is 464 g/mol. The smallest absolute Gasteiger partial charge is 0.191 e. The molecule has 0 fully saturated rings. The first-order valence-electron chi connectivity index (χ1n) is 7.20. The minimum absolute atomic E-state index is 0. The Kier molecular flexibility index (Phi) is 8.86. The van der Waals surface area contributed by atoms with Crippen molar-refractivity contribution in [3.63, 3.8) is 0 Å². The van der Waals surface area contributed by atoms with Crippen molar-refractivity contribution >= 4 is 52.9 Å². The predicted octanol–water partition coefficient (Wildman–Crippen LogP) is 3.94. The molecule has 2 aromatic rings. The van der Waals surface area contributed by atoms with Crippen LogP contribution in [0, 0.1) is 13.8 Å². The van der Waals surface area contributed by atoms with Crippen LogP contribution < -0.4 is 10.6 Å². The van der Waals surface area contributed by atoms with E-state index in [4.69, 9.17) is 11.6 Å². The van der Waals surface area contributed by atoms with Crippen LogP contribution in [0.3, 0.4) is 0 Å². The van der Waals surface area contributed by atoms with Gasteiger partial charge >= 0.3 is 0 Å². The first kappa shape index (κ1) is 20.2. The van der Waals surface area contributed by atoms with E-state index in [1.807, 2.05) is 24.3 Å². The van der Waals surface area contributed by atoms with Gasteiger partial charge in [-0.25, -0.2) is 4.98 Å². The second kappa shape index (κ2) is 10.1. The number of nitrogens with zero attached hydrogens (tertiary/aromatic N) is 2. The van der Waals surface area contributed by atoms with Crippen LogP contribution in [0.1, 0.15) is 21.1 Å². The van der Waals surface area contributed by atoms with Crippen LogP contribution in [0.4, 0.5) is 0 Å². The molecule has 0 aliphatic carbocycles. The Morgan fingerprint density at radius 2 is 1.91 bits per heavy atom. The molecule has 0 atom stereocenters. The van der Waals surface area contributed by atoms with Crippen molar-refractivity contribution in [3.8, 4) is 0 Å². The van der Waals surface area contributed by atoms with Crippen molar-refractivity contribution in [2.75, 3.05) is 13.6 Å². The van der Waals surface area contributed by atoms with E-state index in [1.54, 1.807) is 18.4 Å². The summed E-state index contributed by atoms with van der Waals surface area (Å²) >= 11 is 7.64.